The molecule has 6 nitrogen and oxygen atoms in total. The van der Waals surface area contributed by atoms with Gasteiger partial charge in [-0.25, -0.2) is 9.97 Å². The molecule has 9 heteroatoms. The molecule has 1 aliphatic heterocycles. The summed E-state index contributed by atoms with van der Waals surface area (Å²) in [6.07, 6.45) is 2.16. The van der Waals surface area contributed by atoms with Crippen LogP contribution in [0, 0.1) is 0 Å². The van der Waals surface area contributed by atoms with E-state index in [9.17, 15) is 4.79 Å². The van der Waals surface area contributed by atoms with Gasteiger partial charge in [0, 0.05) is 17.6 Å². The minimum Gasteiger partial charge on any atom is -0.471 e. The molecule has 26 heavy (non-hydrogen) atoms. The molecule has 1 fully saturated rings. The van der Waals surface area contributed by atoms with Crippen LogP contribution >= 0.6 is 34.5 Å². The largest absolute Gasteiger partial charge is 0.471 e. The number of nitrogens with zero attached hydrogens (tertiary/aromatic N) is 2. The van der Waals surface area contributed by atoms with Gasteiger partial charge in [0.1, 0.15) is 11.1 Å². The summed E-state index contributed by atoms with van der Waals surface area (Å²) in [6.45, 7) is 1.18. The number of anilines is 1. The van der Waals surface area contributed by atoms with E-state index in [2.05, 4.69) is 15.3 Å². The molecule has 1 saturated heterocycles. The van der Waals surface area contributed by atoms with Crippen molar-refractivity contribution in [3.63, 3.8) is 0 Å². The molecule has 2 aromatic heterocycles. The Bertz CT molecular complexity index is 973. The van der Waals surface area contributed by atoms with Gasteiger partial charge >= 0.3 is 0 Å². The highest BCUT2D eigenvalue weighted by molar-refractivity contribution is 7.22. The first-order valence-corrected chi connectivity index (χ1v) is 9.43. The first-order chi connectivity index (χ1) is 12.6. The fourth-order valence-corrected chi connectivity index (χ4v) is 3.87. The van der Waals surface area contributed by atoms with Gasteiger partial charge in [0.15, 0.2) is 5.13 Å². The summed E-state index contributed by atoms with van der Waals surface area (Å²) >= 11 is 13.5. The number of aromatic nitrogens is 2. The van der Waals surface area contributed by atoms with Crippen molar-refractivity contribution in [1.29, 1.82) is 0 Å². The van der Waals surface area contributed by atoms with E-state index in [-0.39, 0.29) is 17.0 Å². The number of fused-ring (bicyclic) bond motifs is 1. The second-order valence-electron chi connectivity index (χ2n) is 5.70. The first kappa shape index (κ1) is 17.5. The number of benzene rings is 1. The molecule has 1 aliphatic rings. The second kappa shape index (κ2) is 7.36. The van der Waals surface area contributed by atoms with Gasteiger partial charge in [0.2, 0.25) is 5.88 Å². The molecule has 0 radical (unpaired) electrons. The molecule has 4 rings (SSSR count). The molecular formula is C17H13Cl2N3O3S. The number of nitrogens with one attached hydrogen (secondary N) is 1. The Hall–Kier alpha value is -1.93. The van der Waals surface area contributed by atoms with Gasteiger partial charge in [-0.3, -0.25) is 10.1 Å². The van der Waals surface area contributed by atoms with Crippen LogP contribution in [0.15, 0.2) is 30.5 Å². The van der Waals surface area contributed by atoms with Crippen molar-refractivity contribution >= 4 is 55.8 Å². The van der Waals surface area contributed by atoms with Crippen molar-refractivity contribution in [2.24, 2.45) is 0 Å². The summed E-state index contributed by atoms with van der Waals surface area (Å²) in [6, 6.07) is 6.90. The van der Waals surface area contributed by atoms with E-state index in [0.29, 0.717) is 34.8 Å². The highest BCUT2D eigenvalue weighted by Gasteiger charge is 2.20. The van der Waals surface area contributed by atoms with Crippen molar-refractivity contribution in [2.45, 2.75) is 12.5 Å². The number of halogens is 2. The fourth-order valence-electron chi connectivity index (χ4n) is 2.52. The molecule has 3 aromatic rings. The predicted octanol–water partition coefficient (Wildman–Crippen LogP) is 4.42. The number of carbonyl (C=O) groups excluding carboxylic acids is 1. The zero-order valence-corrected chi connectivity index (χ0v) is 15.7. The molecular weight excluding hydrogens is 397 g/mol. The van der Waals surface area contributed by atoms with E-state index in [1.165, 1.54) is 23.6 Å². The van der Waals surface area contributed by atoms with Gasteiger partial charge in [0.25, 0.3) is 5.91 Å². The number of hydrogen-bond donors (Lipinski definition) is 1. The third-order valence-electron chi connectivity index (χ3n) is 3.81. The van der Waals surface area contributed by atoms with Crippen molar-refractivity contribution in [3.05, 3.63) is 46.1 Å². The Morgan fingerprint density at radius 2 is 2.23 bits per heavy atom. The number of pyridine rings is 1. The van der Waals surface area contributed by atoms with E-state index in [1.54, 1.807) is 12.1 Å². The Morgan fingerprint density at radius 3 is 3.00 bits per heavy atom. The van der Waals surface area contributed by atoms with Gasteiger partial charge in [-0.15, -0.1) is 0 Å². The maximum Gasteiger partial charge on any atom is 0.259 e. The summed E-state index contributed by atoms with van der Waals surface area (Å²) in [4.78, 5) is 21.0. The van der Waals surface area contributed by atoms with Crippen LogP contribution < -0.4 is 10.1 Å². The molecule has 1 aromatic carbocycles. The third-order valence-corrected chi connectivity index (χ3v) is 5.25. The van der Waals surface area contributed by atoms with Crippen molar-refractivity contribution in [2.75, 3.05) is 18.5 Å². The summed E-state index contributed by atoms with van der Waals surface area (Å²) in [5.74, 6) is -0.0475. The van der Waals surface area contributed by atoms with Crippen LogP contribution in [0.4, 0.5) is 5.13 Å². The number of amides is 1. The Kier molecular flexibility index (Phi) is 4.95. The maximum atomic E-state index is 12.4. The number of ether oxygens (including phenoxy) is 2. The molecule has 0 spiro atoms. The molecule has 0 saturated carbocycles. The highest BCUT2D eigenvalue weighted by Crippen LogP contribution is 2.29. The van der Waals surface area contributed by atoms with E-state index < -0.39 is 0 Å². The zero-order chi connectivity index (χ0) is 18.1. The molecule has 1 amide bonds. The summed E-state index contributed by atoms with van der Waals surface area (Å²) in [5, 5.41) is 4.13. The molecule has 3 heterocycles. The van der Waals surface area contributed by atoms with Crippen LogP contribution in [0.5, 0.6) is 5.88 Å². The highest BCUT2D eigenvalue weighted by atomic mass is 35.5. The molecule has 1 atom stereocenters. The monoisotopic (exact) mass is 409 g/mol. The third kappa shape index (κ3) is 3.76. The van der Waals surface area contributed by atoms with Crippen molar-refractivity contribution < 1.29 is 14.3 Å². The minimum atomic E-state index is -0.347. The van der Waals surface area contributed by atoms with Gasteiger partial charge in [-0.05, 0) is 24.3 Å². The smallest absolute Gasteiger partial charge is 0.259 e. The van der Waals surface area contributed by atoms with Crippen molar-refractivity contribution in [3.8, 4) is 5.88 Å². The molecule has 134 valence electrons. The zero-order valence-electron chi connectivity index (χ0n) is 13.4. The van der Waals surface area contributed by atoms with Gasteiger partial charge in [-0.1, -0.05) is 34.5 Å². The Balaban J connectivity index is 1.49. The predicted molar refractivity (Wildman–Crippen MR) is 102 cm³/mol. The van der Waals surface area contributed by atoms with E-state index in [0.717, 1.165) is 16.6 Å². The normalized spacial score (nSPS) is 16.8. The lowest BCUT2D eigenvalue weighted by Gasteiger charge is -2.12. The average molecular weight is 410 g/mol. The Labute approximate surface area is 163 Å². The number of carbonyl (C=O) groups is 1. The average Bonchev–Trinajstić information content (AvgIpc) is 3.25. The maximum absolute atomic E-state index is 12.4. The van der Waals surface area contributed by atoms with Gasteiger partial charge in [-0.2, -0.15) is 0 Å². The van der Waals surface area contributed by atoms with Gasteiger partial charge < -0.3 is 9.47 Å². The van der Waals surface area contributed by atoms with Gasteiger partial charge in [0.05, 0.1) is 29.0 Å². The van der Waals surface area contributed by atoms with Crippen LogP contribution in [0.2, 0.25) is 10.0 Å². The molecule has 0 bridgehead atoms. The van der Waals surface area contributed by atoms with Crippen LogP contribution in [0.1, 0.15) is 16.8 Å². The van der Waals surface area contributed by atoms with Crippen LogP contribution in [-0.4, -0.2) is 35.2 Å². The number of rotatable bonds is 4. The lowest BCUT2D eigenvalue weighted by molar-refractivity contribution is 0.102. The lowest BCUT2D eigenvalue weighted by Crippen LogP contribution is -2.17. The Morgan fingerprint density at radius 1 is 1.35 bits per heavy atom. The second-order valence-corrected chi connectivity index (χ2v) is 7.57. The lowest BCUT2D eigenvalue weighted by atomic mass is 10.2. The van der Waals surface area contributed by atoms with Crippen LogP contribution in [0.25, 0.3) is 10.2 Å². The summed E-state index contributed by atoms with van der Waals surface area (Å²) in [5.41, 5.74) is 1.09. The molecule has 1 N–H and O–H groups in total. The minimum absolute atomic E-state index is 0.0609. The summed E-state index contributed by atoms with van der Waals surface area (Å²) in [7, 11) is 0. The molecule has 0 aliphatic carbocycles. The fraction of sp³-hybridized carbons (Fsp3) is 0.235. The standard InChI is InChI=1S/C17H13Cl2N3O3S/c18-10-1-2-13-14(6-10)26-17(21-13)22-15(23)9-5-12(19)16(20-7-9)25-11-3-4-24-8-11/h1-2,5-7,11H,3-4,8H2,(H,21,22,23). The summed E-state index contributed by atoms with van der Waals surface area (Å²) < 4.78 is 11.8. The van der Waals surface area contributed by atoms with Crippen molar-refractivity contribution in [1.82, 2.24) is 9.97 Å². The quantitative estimate of drug-likeness (QED) is 0.690. The van der Waals surface area contributed by atoms with E-state index in [4.69, 9.17) is 32.7 Å². The SMILES string of the molecule is O=C(Nc1nc2ccc(Cl)cc2s1)c1cnc(OC2CCOC2)c(Cl)c1. The van der Waals surface area contributed by atoms with E-state index in [1.807, 2.05) is 6.07 Å². The van der Waals surface area contributed by atoms with Crippen LogP contribution in [0.3, 0.4) is 0 Å². The first-order valence-electron chi connectivity index (χ1n) is 7.86. The van der Waals surface area contributed by atoms with E-state index >= 15 is 0 Å². The topological polar surface area (TPSA) is 73.3 Å². The number of thiazole rings is 1. The van der Waals surface area contributed by atoms with Crippen LogP contribution in [-0.2, 0) is 4.74 Å². The number of hydrogen-bond acceptors (Lipinski definition) is 6. The molecule has 1 unspecified atom stereocenters.